The minimum Gasteiger partial charge on any atom is -0.355 e. The molecule has 7 heteroatoms. The molecule has 0 saturated heterocycles. The van der Waals surface area contributed by atoms with E-state index in [1.165, 1.54) is 0 Å². The Morgan fingerprint density at radius 2 is 2.30 bits per heavy atom. The van der Waals surface area contributed by atoms with Gasteiger partial charge in [0, 0.05) is 21.8 Å². The first-order chi connectivity index (χ1) is 9.58. The molecule has 20 heavy (non-hydrogen) atoms. The average molecular weight is 374 g/mol. The SMILES string of the molecule is CC(CN)CNC(=O)Cc1csc(-c2cc(Br)cs2)n1. The van der Waals surface area contributed by atoms with Gasteiger partial charge in [0.2, 0.25) is 5.91 Å². The summed E-state index contributed by atoms with van der Waals surface area (Å²) in [5.41, 5.74) is 6.33. The van der Waals surface area contributed by atoms with Crippen molar-refractivity contribution >= 4 is 44.5 Å². The van der Waals surface area contributed by atoms with Gasteiger partial charge in [-0.25, -0.2) is 4.98 Å². The van der Waals surface area contributed by atoms with E-state index in [0.717, 1.165) is 20.1 Å². The van der Waals surface area contributed by atoms with Gasteiger partial charge in [0.05, 0.1) is 17.0 Å². The van der Waals surface area contributed by atoms with Gasteiger partial charge in [-0.2, -0.15) is 0 Å². The first kappa shape index (κ1) is 15.6. The van der Waals surface area contributed by atoms with E-state index >= 15 is 0 Å². The maximum atomic E-state index is 11.8. The number of nitrogens with one attached hydrogen (secondary N) is 1. The van der Waals surface area contributed by atoms with Gasteiger partial charge in [0.25, 0.3) is 0 Å². The van der Waals surface area contributed by atoms with E-state index in [1.54, 1.807) is 22.7 Å². The molecule has 0 aliphatic rings. The van der Waals surface area contributed by atoms with E-state index in [4.69, 9.17) is 5.73 Å². The monoisotopic (exact) mass is 373 g/mol. The van der Waals surface area contributed by atoms with Crippen molar-refractivity contribution in [2.75, 3.05) is 13.1 Å². The van der Waals surface area contributed by atoms with E-state index in [2.05, 4.69) is 26.2 Å². The highest BCUT2D eigenvalue weighted by Crippen LogP contribution is 2.31. The molecule has 1 amide bonds. The average Bonchev–Trinajstić information content (AvgIpc) is 3.05. The molecular weight excluding hydrogens is 358 g/mol. The zero-order chi connectivity index (χ0) is 14.5. The second kappa shape index (κ2) is 7.31. The van der Waals surface area contributed by atoms with Crippen LogP contribution in [0.25, 0.3) is 9.88 Å². The third kappa shape index (κ3) is 4.37. The van der Waals surface area contributed by atoms with E-state index in [9.17, 15) is 4.79 Å². The molecule has 2 rings (SSSR count). The smallest absolute Gasteiger partial charge is 0.226 e. The summed E-state index contributed by atoms with van der Waals surface area (Å²) in [6, 6.07) is 2.04. The zero-order valence-corrected chi connectivity index (χ0v) is 14.3. The number of thiazole rings is 1. The molecule has 0 saturated carbocycles. The third-order valence-electron chi connectivity index (χ3n) is 2.72. The second-order valence-electron chi connectivity index (χ2n) is 4.59. The highest BCUT2D eigenvalue weighted by Gasteiger charge is 2.11. The van der Waals surface area contributed by atoms with Crippen LogP contribution in [0.15, 0.2) is 21.3 Å². The van der Waals surface area contributed by atoms with Crippen LogP contribution in [0.3, 0.4) is 0 Å². The van der Waals surface area contributed by atoms with Crippen molar-refractivity contribution in [1.29, 1.82) is 0 Å². The second-order valence-corrected chi connectivity index (χ2v) is 7.28. The summed E-state index contributed by atoms with van der Waals surface area (Å²) >= 11 is 6.63. The van der Waals surface area contributed by atoms with Crippen LogP contribution in [0, 0.1) is 5.92 Å². The highest BCUT2D eigenvalue weighted by molar-refractivity contribution is 9.10. The molecule has 1 atom stereocenters. The van der Waals surface area contributed by atoms with E-state index in [-0.39, 0.29) is 5.91 Å². The van der Waals surface area contributed by atoms with Crippen LogP contribution in [-0.4, -0.2) is 24.0 Å². The number of thiophene rings is 1. The van der Waals surface area contributed by atoms with Gasteiger partial charge < -0.3 is 11.1 Å². The summed E-state index contributed by atoms with van der Waals surface area (Å²) in [7, 11) is 0. The number of carbonyl (C=O) groups is 1. The van der Waals surface area contributed by atoms with Crippen LogP contribution in [-0.2, 0) is 11.2 Å². The molecule has 1 unspecified atom stereocenters. The van der Waals surface area contributed by atoms with Gasteiger partial charge in [-0.05, 0) is 34.5 Å². The maximum absolute atomic E-state index is 11.8. The Balaban J connectivity index is 1.91. The molecule has 4 nitrogen and oxygen atoms in total. The number of rotatable bonds is 6. The fraction of sp³-hybridized carbons (Fsp3) is 0.385. The Kier molecular flexibility index (Phi) is 5.71. The highest BCUT2D eigenvalue weighted by atomic mass is 79.9. The number of hydrogen-bond acceptors (Lipinski definition) is 5. The van der Waals surface area contributed by atoms with E-state index in [1.807, 2.05) is 23.8 Å². The molecule has 2 aromatic rings. The summed E-state index contributed by atoms with van der Waals surface area (Å²) in [6.45, 7) is 3.20. The Morgan fingerprint density at radius 1 is 1.50 bits per heavy atom. The van der Waals surface area contributed by atoms with Crippen molar-refractivity contribution in [1.82, 2.24) is 10.3 Å². The number of carbonyl (C=O) groups excluding carboxylic acids is 1. The quantitative estimate of drug-likeness (QED) is 0.817. The molecule has 0 aliphatic heterocycles. The summed E-state index contributed by atoms with van der Waals surface area (Å²) in [5.74, 6) is 0.294. The van der Waals surface area contributed by atoms with Gasteiger partial charge in [-0.3, -0.25) is 4.79 Å². The van der Waals surface area contributed by atoms with Crippen molar-refractivity contribution < 1.29 is 4.79 Å². The predicted molar refractivity (Wildman–Crippen MR) is 88.1 cm³/mol. The molecule has 2 heterocycles. The topological polar surface area (TPSA) is 68.0 Å². The molecule has 3 N–H and O–H groups in total. The summed E-state index contributed by atoms with van der Waals surface area (Å²) in [6.07, 6.45) is 0.320. The lowest BCUT2D eigenvalue weighted by Crippen LogP contribution is -2.32. The van der Waals surface area contributed by atoms with E-state index < -0.39 is 0 Å². The zero-order valence-electron chi connectivity index (χ0n) is 11.1. The molecule has 0 aliphatic carbocycles. The third-order valence-corrected chi connectivity index (χ3v) is 5.47. The lowest BCUT2D eigenvalue weighted by molar-refractivity contribution is -0.120. The van der Waals surface area contributed by atoms with Crippen molar-refractivity contribution in [3.05, 3.63) is 27.0 Å². The van der Waals surface area contributed by atoms with Crippen molar-refractivity contribution in [2.45, 2.75) is 13.3 Å². The fourth-order valence-corrected chi connectivity index (χ4v) is 3.85. The van der Waals surface area contributed by atoms with Crippen molar-refractivity contribution in [2.24, 2.45) is 11.7 Å². The molecule has 0 spiro atoms. The van der Waals surface area contributed by atoms with Gasteiger partial charge in [0.15, 0.2) is 0 Å². The number of hydrogen-bond donors (Lipinski definition) is 2. The molecule has 108 valence electrons. The summed E-state index contributed by atoms with van der Waals surface area (Å²) in [5, 5.41) is 7.80. The van der Waals surface area contributed by atoms with Crippen LogP contribution in [0.5, 0.6) is 0 Å². The number of nitrogens with two attached hydrogens (primary N) is 1. The number of amides is 1. The Morgan fingerprint density at radius 3 is 2.95 bits per heavy atom. The van der Waals surface area contributed by atoms with Gasteiger partial charge in [0.1, 0.15) is 5.01 Å². The van der Waals surface area contributed by atoms with Gasteiger partial charge >= 0.3 is 0 Å². The van der Waals surface area contributed by atoms with E-state index in [0.29, 0.717) is 25.4 Å². The number of halogens is 1. The van der Waals surface area contributed by atoms with Crippen LogP contribution in [0.4, 0.5) is 0 Å². The summed E-state index contributed by atoms with van der Waals surface area (Å²) in [4.78, 5) is 17.4. The lowest BCUT2D eigenvalue weighted by Gasteiger charge is -2.09. The van der Waals surface area contributed by atoms with Crippen LogP contribution < -0.4 is 11.1 Å². The van der Waals surface area contributed by atoms with Crippen LogP contribution in [0.2, 0.25) is 0 Å². The summed E-state index contributed by atoms with van der Waals surface area (Å²) < 4.78 is 1.06. The molecule has 0 aromatic carbocycles. The first-order valence-electron chi connectivity index (χ1n) is 6.24. The van der Waals surface area contributed by atoms with Crippen LogP contribution in [0.1, 0.15) is 12.6 Å². The molecule has 0 fully saturated rings. The Labute approximate surface area is 134 Å². The standard InChI is InChI=1S/C13H16BrN3OS2/c1-8(4-15)5-16-12(18)3-10-7-20-13(17-10)11-2-9(14)6-19-11/h2,6-8H,3-5,15H2,1H3,(H,16,18). The first-order valence-corrected chi connectivity index (χ1v) is 8.79. The minimum absolute atomic E-state index is 0.00508. The Bertz CT molecular complexity index is 582. The Hall–Kier alpha value is -0.760. The minimum atomic E-state index is -0.00508. The molecule has 0 bridgehead atoms. The normalized spacial score (nSPS) is 12.3. The fourth-order valence-electron chi connectivity index (χ4n) is 1.52. The van der Waals surface area contributed by atoms with Crippen molar-refractivity contribution in [3.8, 4) is 9.88 Å². The number of nitrogens with zero attached hydrogens (tertiary/aromatic N) is 1. The van der Waals surface area contributed by atoms with Crippen LogP contribution >= 0.6 is 38.6 Å². The van der Waals surface area contributed by atoms with Gasteiger partial charge in [-0.15, -0.1) is 22.7 Å². The number of aromatic nitrogens is 1. The van der Waals surface area contributed by atoms with Gasteiger partial charge in [-0.1, -0.05) is 6.92 Å². The molecule has 2 aromatic heterocycles. The maximum Gasteiger partial charge on any atom is 0.226 e. The molecule has 0 radical (unpaired) electrons. The predicted octanol–water partition coefficient (Wildman–Crippen LogP) is 2.89. The largest absolute Gasteiger partial charge is 0.355 e. The molecular formula is C13H16BrN3OS2. The lowest BCUT2D eigenvalue weighted by atomic mass is 10.2. The van der Waals surface area contributed by atoms with Crippen molar-refractivity contribution in [3.63, 3.8) is 0 Å².